The topological polar surface area (TPSA) is 130 Å². The van der Waals surface area contributed by atoms with Crippen LogP contribution >= 0.6 is 0 Å². The molecule has 1 amide bonds. The number of benzene rings is 1. The summed E-state index contributed by atoms with van der Waals surface area (Å²) in [6.07, 6.45) is -3.30. The van der Waals surface area contributed by atoms with Crippen molar-refractivity contribution >= 4 is 39.8 Å². The third-order valence-corrected chi connectivity index (χ3v) is 6.66. The molecule has 2 heterocycles. The number of rotatable bonds is 11. The lowest BCUT2D eigenvalue weighted by Gasteiger charge is -2.23. The highest BCUT2D eigenvalue weighted by Crippen LogP contribution is 2.26. The Kier molecular flexibility index (Phi) is 10.2. The fraction of sp³-hybridized carbons (Fsp3) is 0.400. The summed E-state index contributed by atoms with van der Waals surface area (Å²) in [6, 6.07) is 7.18. The number of halogens is 3. The van der Waals surface area contributed by atoms with E-state index in [0.717, 1.165) is 4.57 Å². The van der Waals surface area contributed by atoms with Crippen molar-refractivity contribution in [1.29, 1.82) is 0 Å². The number of carbonyl (C=O) groups is 3. The van der Waals surface area contributed by atoms with E-state index < -0.39 is 41.6 Å². The molecule has 0 radical (unpaired) electrons. The molecule has 1 atom stereocenters. The maximum absolute atomic E-state index is 13.7. The van der Waals surface area contributed by atoms with Crippen molar-refractivity contribution < 1.29 is 46.0 Å². The molecule has 0 saturated heterocycles. The Balaban J connectivity index is 1.94. The molecule has 0 aliphatic carbocycles. The lowest BCUT2D eigenvalue weighted by molar-refractivity contribution is -0.153. The number of ether oxygens (including phenoxy) is 3. The van der Waals surface area contributed by atoms with Gasteiger partial charge in [0.2, 0.25) is 5.16 Å². The second kappa shape index (κ2) is 13.4. The van der Waals surface area contributed by atoms with Gasteiger partial charge in [-0.05, 0) is 25.1 Å². The molecule has 0 bridgehead atoms. The number of hydrogen-bond donors (Lipinski definition) is 0. The van der Waals surface area contributed by atoms with E-state index >= 15 is 0 Å². The molecular formula is C25H27F3N4O7S. The maximum Gasteiger partial charge on any atom is 0.422 e. The molecule has 0 saturated carbocycles. The van der Waals surface area contributed by atoms with E-state index in [0.29, 0.717) is 11.0 Å². The minimum absolute atomic E-state index is 0.0580. The van der Waals surface area contributed by atoms with Crippen LogP contribution in [0, 0.1) is 6.92 Å². The summed E-state index contributed by atoms with van der Waals surface area (Å²) in [4.78, 5) is 46.0. The van der Waals surface area contributed by atoms with Gasteiger partial charge in [0, 0.05) is 25.6 Å². The first-order valence-corrected chi connectivity index (χ1v) is 13.2. The number of nitrogens with zero attached hydrogens (tertiary/aromatic N) is 4. The van der Waals surface area contributed by atoms with E-state index in [4.69, 9.17) is 14.2 Å². The Hall–Kier alpha value is -4.01. The van der Waals surface area contributed by atoms with Gasteiger partial charge in [0.05, 0.1) is 46.4 Å². The van der Waals surface area contributed by atoms with Crippen molar-refractivity contribution in [3.8, 4) is 5.75 Å². The molecule has 40 heavy (non-hydrogen) atoms. The van der Waals surface area contributed by atoms with Gasteiger partial charge in [-0.25, -0.2) is 14.3 Å². The zero-order chi connectivity index (χ0) is 29.4. The normalized spacial score (nSPS) is 12.2. The third kappa shape index (κ3) is 8.24. The number of amides is 1. The van der Waals surface area contributed by atoms with Crippen molar-refractivity contribution in [2.24, 2.45) is 0 Å². The summed E-state index contributed by atoms with van der Waals surface area (Å²) in [5.41, 5.74) is 1.17. The van der Waals surface area contributed by atoms with Crippen molar-refractivity contribution in [3.05, 3.63) is 47.8 Å². The van der Waals surface area contributed by atoms with Crippen LogP contribution in [0.2, 0.25) is 0 Å². The summed E-state index contributed by atoms with van der Waals surface area (Å²) in [5.74, 6) is -1.43. The first kappa shape index (κ1) is 30.5. The van der Waals surface area contributed by atoms with E-state index in [1.165, 1.54) is 37.9 Å². The number of alkyl halides is 3. The Bertz CT molecular complexity index is 1390. The molecule has 2 aromatic heterocycles. The van der Waals surface area contributed by atoms with Gasteiger partial charge in [-0.2, -0.15) is 13.2 Å². The smallest absolute Gasteiger partial charge is 0.422 e. The Morgan fingerprint density at radius 2 is 1.65 bits per heavy atom. The predicted molar refractivity (Wildman–Crippen MR) is 136 cm³/mol. The van der Waals surface area contributed by atoms with Gasteiger partial charge < -0.3 is 19.1 Å². The summed E-state index contributed by atoms with van der Waals surface area (Å²) in [7, 11) is -1.99. The average Bonchev–Trinajstić information content (AvgIpc) is 3.27. The van der Waals surface area contributed by atoms with Gasteiger partial charge in [-0.3, -0.25) is 18.8 Å². The van der Waals surface area contributed by atoms with E-state index in [1.807, 2.05) is 0 Å². The van der Waals surface area contributed by atoms with Crippen LogP contribution < -0.4 is 4.74 Å². The predicted octanol–water partition coefficient (Wildman–Crippen LogP) is 3.38. The molecular weight excluding hydrogens is 557 g/mol. The first-order valence-electron chi connectivity index (χ1n) is 11.9. The number of esters is 2. The summed E-state index contributed by atoms with van der Waals surface area (Å²) >= 11 is 0. The molecule has 0 aliphatic heterocycles. The van der Waals surface area contributed by atoms with Gasteiger partial charge in [0.25, 0.3) is 0 Å². The lowest BCUT2D eigenvalue weighted by atomic mass is 10.2. The van der Waals surface area contributed by atoms with E-state index in [2.05, 4.69) is 9.97 Å². The van der Waals surface area contributed by atoms with Crippen LogP contribution in [-0.4, -0.2) is 80.7 Å². The van der Waals surface area contributed by atoms with Crippen molar-refractivity contribution in [1.82, 2.24) is 19.4 Å². The Morgan fingerprint density at radius 1 is 1.02 bits per heavy atom. The first-order chi connectivity index (χ1) is 18.9. The average molecular weight is 585 g/mol. The lowest BCUT2D eigenvalue weighted by Crippen LogP contribution is -2.40. The zero-order valence-corrected chi connectivity index (χ0v) is 22.7. The number of aromatic nitrogens is 3. The molecule has 11 nitrogen and oxygen atoms in total. The summed E-state index contributed by atoms with van der Waals surface area (Å²) in [6.45, 7) is 2.03. The molecule has 1 aromatic carbocycles. The van der Waals surface area contributed by atoms with Crippen LogP contribution in [0.3, 0.4) is 0 Å². The van der Waals surface area contributed by atoms with Crippen LogP contribution in [-0.2, 0) is 35.6 Å². The minimum atomic E-state index is -4.54. The van der Waals surface area contributed by atoms with E-state index in [9.17, 15) is 31.8 Å². The summed E-state index contributed by atoms with van der Waals surface area (Å²) in [5, 5.41) is -0.126. The highest BCUT2D eigenvalue weighted by atomic mass is 32.2. The molecule has 0 unspecified atom stereocenters. The highest BCUT2D eigenvalue weighted by molar-refractivity contribution is 7.84. The second-order valence-electron chi connectivity index (χ2n) is 8.44. The van der Waals surface area contributed by atoms with Gasteiger partial charge in [-0.15, -0.1) is 0 Å². The molecule has 0 aliphatic rings. The van der Waals surface area contributed by atoms with Crippen LogP contribution in [0.4, 0.5) is 18.0 Å². The Morgan fingerprint density at radius 3 is 2.25 bits per heavy atom. The van der Waals surface area contributed by atoms with Crippen LogP contribution in [0.5, 0.6) is 5.75 Å². The minimum Gasteiger partial charge on any atom is -0.484 e. The van der Waals surface area contributed by atoms with Gasteiger partial charge in [-0.1, -0.05) is 12.1 Å². The number of pyridine rings is 1. The molecule has 0 fully saturated rings. The van der Waals surface area contributed by atoms with Gasteiger partial charge >= 0.3 is 24.1 Å². The van der Waals surface area contributed by atoms with Crippen LogP contribution in [0.1, 0.15) is 25.1 Å². The van der Waals surface area contributed by atoms with Gasteiger partial charge in [0.1, 0.15) is 19.0 Å². The van der Waals surface area contributed by atoms with Gasteiger partial charge in [0.15, 0.2) is 6.61 Å². The zero-order valence-electron chi connectivity index (χ0n) is 21.9. The van der Waals surface area contributed by atoms with Crippen molar-refractivity contribution in [2.45, 2.75) is 37.9 Å². The fourth-order valence-electron chi connectivity index (χ4n) is 3.59. The molecule has 3 aromatic rings. The standard InChI is InChI=1S/C25H27F3N4O7S/c1-16-20(29-9-8-22(16)39-15-25(26,27)28)14-40(36)23-30-19-6-4-5-7-21(19)32(23)24(35)31(10-12-37-17(2)33)11-13-38-18(3)34/h4-9H,10-15H2,1-3H3/t40-/m0/s1. The second-order valence-corrected chi connectivity index (χ2v) is 9.79. The molecule has 3 rings (SSSR count). The quantitative estimate of drug-likeness (QED) is 0.311. The van der Waals surface area contributed by atoms with Crippen molar-refractivity contribution in [3.63, 3.8) is 0 Å². The van der Waals surface area contributed by atoms with E-state index in [1.54, 1.807) is 24.3 Å². The number of para-hydroxylation sites is 2. The number of imidazole rings is 1. The van der Waals surface area contributed by atoms with E-state index in [-0.39, 0.29) is 54.2 Å². The molecule has 216 valence electrons. The Labute approximate surface area is 229 Å². The molecule has 0 spiro atoms. The highest BCUT2D eigenvalue weighted by Gasteiger charge is 2.29. The number of fused-ring (bicyclic) bond motifs is 1. The SMILES string of the molecule is CC(=O)OCCN(CCOC(C)=O)C(=O)n1c([S@@](=O)Cc2nccc(OCC(F)(F)F)c2C)nc2ccccc21. The monoisotopic (exact) mass is 584 g/mol. The number of carbonyl (C=O) groups excluding carboxylic acids is 3. The number of hydrogen-bond acceptors (Lipinski definition) is 9. The summed E-state index contributed by atoms with van der Waals surface area (Å²) < 4.78 is 67.4. The fourth-order valence-corrected chi connectivity index (χ4v) is 4.84. The molecule has 0 N–H and O–H groups in total. The maximum atomic E-state index is 13.7. The molecule has 15 heteroatoms. The van der Waals surface area contributed by atoms with Crippen LogP contribution in [0.15, 0.2) is 41.7 Å². The van der Waals surface area contributed by atoms with Crippen LogP contribution in [0.25, 0.3) is 11.0 Å². The largest absolute Gasteiger partial charge is 0.484 e. The third-order valence-electron chi connectivity index (χ3n) is 5.45. The van der Waals surface area contributed by atoms with Crippen molar-refractivity contribution in [2.75, 3.05) is 32.9 Å².